The van der Waals surface area contributed by atoms with Gasteiger partial charge in [0, 0.05) is 14.8 Å². The van der Waals surface area contributed by atoms with Gasteiger partial charge in [-0.2, -0.15) is 13.2 Å². The molecule has 10 heteroatoms. The van der Waals surface area contributed by atoms with Gasteiger partial charge in [0.05, 0.1) is 19.3 Å². The molecule has 0 aliphatic rings. The topological polar surface area (TPSA) is 64.6 Å². The molecule has 1 unspecified atom stereocenters. The highest BCUT2D eigenvalue weighted by Gasteiger charge is 2.36. The normalized spacial score (nSPS) is 13.2. The predicted molar refractivity (Wildman–Crippen MR) is 121 cm³/mol. The molecule has 0 aromatic heterocycles. The molecule has 0 fully saturated rings. The Balaban J connectivity index is 2.05. The Hall–Kier alpha value is -2.39. The van der Waals surface area contributed by atoms with Crippen molar-refractivity contribution >= 4 is 35.4 Å². The first-order valence-corrected chi connectivity index (χ1v) is 11.3. The standard InChI is InChI=1S/C23H25ClF3NO4S/c1-4-32-20(29)22(2,28-21(30)31-3)12-6-7-15-10-11-18(14-19(15)24)33-17-9-5-8-16(13-17)23(25,26)27/h5,8-11,13-14H,4,6-7,12H2,1-3H3,(H,28,30). The lowest BCUT2D eigenvalue weighted by molar-refractivity contribution is -0.150. The number of carbonyl (C=O) groups is 2. The molecule has 33 heavy (non-hydrogen) atoms. The third-order valence-corrected chi connectivity index (χ3v) is 6.16. The van der Waals surface area contributed by atoms with Gasteiger partial charge in [0.1, 0.15) is 5.54 Å². The lowest BCUT2D eigenvalue weighted by Gasteiger charge is -2.27. The third-order valence-electron chi connectivity index (χ3n) is 4.83. The summed E-state index contributed by atoms with van der Waals surface area (Å²) >= 11 is 7.57. The van der Waals surface area contributed by atoms with E-state index in [1.807, 2.05) is 0 Å². The van der Waals surface area contributed by atoms with E-state index in [0.717, 1.165) is 17.7 Å². The van der Waals surface area contributed by atoms with Crippen LogP contribution >= 0.6 is 23.4 Å². The molecule has 1 amide bonds. The molecule has 5 nitrogen and oxygen atoms in total. The Morgan fingerprint density at radius 2 is 1.82 bits per heavy atom. The molecule has 0 saturated heterocycles. The lowest BCUT2D eigenvalue weighted by Crippen LogP contribution is -2.53. The zero-order chi connectivity index (χ0) is 24.6. The van der Waals surface area contributed by atoms with Crippen LogP contribution in [-0.2, 0) is 26.9 Å². The minimum atomic E-state index is -4.40. The van der Waals surface area contributed by atoms with Crippen molar-refractivity contribution in [2.45, 2.75) is 54.6 Å². The van der Waals surface area contributed by atoms with E-state index in [1.165, 1.54) is 24.9 Å². The molecule has 0 spiro atoms. The summed E-state index contributed by atoms with van der Waals surface area (Å²) in [6.45, 7) is 3.42. The monoisotopic (exact) mass is 503 g/mol. The number of alkyl halides is 3. The molecular weight excluding hydrogens is 479 g/mol. The zero-order valence-corrected chi connectivity index (χ0v) is 20.0. The largest absolute Gasteiger partial charge is 0.464 e. The summed E-state index contributed by atoms with van der Waals surface area (Å²) in [5.41, 5.74) is -1.15. The van der Waals surface area contributed by atoms with Gasteiger partial charge in [-0.15, -0.1) is 0 Å². The van der Waals surface area contributed by atoms with Gasteiger partial charge in [-0.05, 0) is 69.0 Å². The number of benzene rings is 2. The van der Waals surface area contributed by atoms with Gasteiger partial charge >= 0.3 is 18.2 Å². The Labute approximate surface area is 200 Å². The van der Waals surface area contributed by atoms with Gasteiger partial charge in [-0.1, -0.05) is 35.5 Å². The number of aryl methyl sites for hydroxylation is 1. The first-order valence-electron chi connectivity index (χ1n) is 10.2. The van der Waals surface area contributed by atoms with Gasteiger partial charge in [0.2, 0.25) is 0 Å². The molecule has 0 heterocycles. The fraction of sp³-hybridized carbons (Fsp3) is 0.391. The molecule has 2 aromatic rings. The SMILES string of the molecule is CCOC(=O)C(C)(CCCc1ccc(Sc2cccc(C(F)(F)F)c2)cc1Cl)NC(=O)OC. The number of hydrogen-bond acceptors (Lipinski definition) is 5. The summed E-state index contributed by atoms with van der Waals surface area (Å²) in [6.07, 6.45) is -3.82. The summed E-state index contributed by atoms with van der Waals surface area (Å²) in [4.78, 5) is 25.2. The van der Waals surface area contributed by atoms with E-state index in [2.05, 4.69) is 10.1 Å². The molecule has 0 radical (unpaired) electrons. The maximum atomic E-state index is 12.9. The van der Waals surface area contributed by atoms with Crippen molar-refractivity contribution in [3.05, 3.63) is 58.6 Å². The molecular formula is C23H25ClF3NO4S. The summed E-state index contributed by atoms with van der Waals surface area (Å²) in [5.74, 6) is -0.561. The van der Waals surface area contributed by atoms with Gasteiger partial charge in [-0.25, -0.2) is 9.59 Å². The molecule has 0 saturated carbocycles. The van der Waals surface area contributed by atoms with Gasteiger partial charge in [0.15, 0.2) is 0 Å². The van der Waals surface area contributed by atoms with Crippen LogP contribution in [0.5, 0.6) is 0 Å². The highest BCUT2D eigenvalue weighted by molar-refractivity contribution is 7.99. The second-order valence-corrected chi connectivity index (χ2v) is 8.96. The molecule has 2 aromatic carbocycles. The Morgan fingerprint density at radius 1 is 1.12 bits per heavy atom. The van der Waals surface area contributed by atoms with Crippen LogP contribution < -0.4 is 5.32 Å². The van der Waals surface area contributed by atoms with Crippen LogP contribution in [0.3, 0.4) is 0 Å². The lowest BCUT2D eigenvalue weighted by atomic mass is 9.93. The van der Waals surface area contributed by atoms with E-state index in [9.17, 15) is 22.8 Å². The van der Waals surface area contributed by atoms with Crippen LogP contribution in [0, 0.1) is 0 Å². The number of rotatable bonds is 9. The predicted octanol–water partition coefficient (Wildman–Crippen LogP) is 6.51. The van der Waals surface area contributed by atoms with Crippen LogP contribution in [0.4, 0.5) is 18.0 Å². The second-order valence-electron chi connectivity index (χ2n) is 7.40. The third kappa shape index (κ3) is 7.85. The van der Waals surface area contributed by atoms with E-state index in [1.54, 1.807) is 38.1 Å². The Kier molecular flexibility index (Phi) is 9.48. The van der Waals surface area contributed by atoms with Gasteiger partial charge < -0.3 is 14.8 Å². The van der Waals surface area contributed by atoms with Crippen LogP contribution in [0.1, 0.15) is 37.8 Å². The van der Waals surface area contributed by atoms with Crippen LogP contribution in [0.25, 0.3) is 0 Å². The average molecular weight is 504 g/mol. The van der Waals surface area contributed by atoms with Gasteiger partial charge in [-0.3, -0.25) is 0 Å². The zero-order valence-electron chi connectivity index (χ0n) is 18.4. The number of esters is 1. The van der Waals surface area contributed by atoms with Crippen molar-refractivity contribution in [2.24, 2.45) is 0 Å². The maximum absolute atomic E-state index is 12.9. The van der Waals surface area contributed by atoms with E-state index in [0.29, 0.717) is 27.7 Å². The summed E-state index contributed by atoms with van der Waals surface area (Å²) in [6, 6.07) is 10.4. The van der Waals surface area contributed by atoms with Crippen molar-refractivity contribution in [1.82, 2.24) is 5.32 Å². The van der Waals surface area contributed by atoms with Crippen molar-refractivity contribution in [3.63, 3.8) is 0 Å². The van der Waals surface area contributed by atoms with Crippen LogP contribution in [0.2, 0.25) is 5.02 Å². The summed E-state index contributed by atoms with van der Waals surface area (Å²) < 4.78 is 48.4. The first-order chi connectivity index (χ1) is 15.5. The van der Waals surface area contributed by atoms with E-state index >= 15 is 0 Å². The number of amides is 1. The fourth-order valence-corrected chi connectivity index (χ4v) is 4.34. The second kappa shape index (κ2) is 11.7. The number of methoxy groups -OCH3 is 1. The first kappa shape index (κ1) is 26.9. The van der Waals surface area contributed by atoms with Crippen LogP contribution in [0.15, 0.2) is 52.3 Å². The van der Waals surface area contributed by atoms with E-state index < -0.39 is 29.3 Å². The number of halogens is 4. The highest BCUT2D eigenvalue weighted by atomic mass is 35.5. The Morgan fingerprint density at radius 3 is 2.42 bits per heavy atom. The fourth-order valence-electron chi connectivity index (χ4n) is 3.08. The number of hydrogen-bond donors (Lipinski definition) is 1. The summed E-state index contributed by atoms with van der Waals surface area (Å²) in [5, 5.41) is 2.99. The Bertz CT molecular complexity index is 986. The van der Waals surface area contributed by atoms with Gasteiger partial charge in [0.25, 0.3) is 0 Å². The molecule has 0 bridgehead atoms. The maximum Gasteiger partial charge on any atom is 0.416 e. The van der Waals surface area contributed by atoms with Crippen molar-refractivity contribution in [3.8, 4) is 0 Å². The summed E-state index contributed by atoms with van der Waals surface area (Å²) in [7, 11) is 1.21. The van der Waals surface area contributed by atoms with Crippen LogP contribution in [-0.4, -0.2) is 31.3 Å². The molecule has 0 aliphatic carbocycles. The van der Waals surface area contributed by atoms with E-state index in [4.69, 9.17) is 16.3 Å². The smallest absolute Gasteiger partial charge is 0.416 e. The molecule has 180 valence electrons. The quantitative estimate of drug-likeness (QED) is 0.395. The minimum Gasteiger partial charge on any atom is -0.464 e. The molecule has 1 atom stereocenters. The van der Waals surface area contributed by atoms with Crippen molar-refractivity contribution in [2.75, 3.05) is 13.7 Å². The van der Waals surface area contributed by atoms with E-state index in [-0.39, 0.29) is 13.0 Å². The van der Waals surface area contributed by atoms with Crippen molar-refractivity contribution in [1.29, 1.82) is 0 Å². The molecule has 0 aliphatic heterocycles. The number of nitrogens with one attached hydrogen (secondary N) is 1. The molecule has 2 rings (SSSR count). The average Bonchev–Trinajstić information content (AvgIpc) is 2.75. The number of carbonyl (C=O) groups excluding carboxylic acids is 2. The minimum absolute atomic E-state index is 0.175. The highest BCUT2D eigenvalue weighted by Crippen LogP contribution is 2.35. The van der Waals surface area contributed by atoms with Crippen molar-refractivity contribution < 1.29 is 32.2 Å². The molecule has 1 N–H and O–H groups in total. The number of ether oxygens (including phenoxy) is 2. The number of alkyl carbamates (subject to hydrolysis) is 1.